The Morgan fingerprint density at radius 2 is 2.25 bits per heavy atom. The van der Waals surface area contributed by atoms with Crippen molar-refractivity contribution in [2.24, 2.45) is 18.9 Å². The highest BCUT2D eigenvalue weighted by atomic mass is 16.2. The van der Waals surface area contributed by atoms with Crippen molar-refractivity contribution in [2.75, 3.05) is 13.1 Å². The number of aryl methyl sites for hydroxylation is 1. The van der Waals surface area contributed by atoms with Gasteiger partial charge in [-0.15, -0.1) is 0 Å². The van der Waals surface area contributed by atoms with Gasteiger partial charge in [-0.25, -0.2) is 9.78 Å². The van der Waals surface area contributed by atoms with Crippen LogP contribution in [0.3, 0.4) is 0 Å². The summed E-state index contributed by atoms with van der Waals surface area (Å²) in [4.78, 5) is 18.2. The van der Waals surface area contributed by atoms with Crippen LogP contribution in [0.25, 0.3) is 0 Å². The van der Waals surface area contributed by atoms with E-state index in [9.17, 15) is 4.79 Å². The van der Waals surface area contributed by atoms with Gasteiger partial charge in [0.05, 0.1) is 6.54 Å². The zero-order chi connectivity index (χ0) is 14.5. The molecule has 2 heterocycles. The smallest absolute Gasteiger partial charge is 0.317 e. The standard InChI is InChI=1S/C14H25N5O/c1-11(2)12-5-4-7-19(8-6-12)14(20)15-9-13-16-10-18(3)17-13/h10-12H,4-9H2,1-3H3,(H,15,20). The minimum Gasteiger partial charge on any atom is -0.331 e. The highest BCUT2D eigenvalue weighted by Gasteiger charge is 2.22. The molecule has 6 heteroatoms. The maximum atomic E-state index is 12.2. The second-order valence-corrected chi connectivity index (χ2v) is 5.92. The maximum absolute atomic E-state index is 12.2. The van der Waals surface area contributed by atoms with E-state index in [1.807, 2.05) is 11.9 Å². The maximum Gasteiger partial charge on any atom is 0.317 e. The number of nitrogens with zero attached hydrogens (tertiary/aromatic N) is 4. The fourth-order valence-corrected chi connectivity index (χ4v) is 2.72. The second-order valence-electron chi connectivity index (χ2n) is 5.92. The van der Waals surface area contributed by atoms with Gasteiger partial charge in [-0.2, -0.15) is 5.10 Å². The van der Waals surface area contributed by atoms with E-state index < -0.39 is 0 Å². The number of nitrogens with one attached hydrogen (secondary N) is 1. The van der Waals surface area contributed by atoms with Gasteiger partial charge in [0.2, 0.25) is 0 Å². The van der Waals surface area contributed by atoms with Crippen molar-refractivity contribution in [3.05, 3.63) is 12.2 Å². The van der Waals surface area contributed by atoms with Crippen LogP contribution < -0.4 is 5.32 Å². The lowest BCUT2D eigenvalue weighted by Crippen LogP contribution is -2.40. The van der Waals surface area contributed by atoms with Crippen molar-refractivity contribution < 1.29 is 4.79 Å². The minimum absolute atomic E-state index is 0.00172. The van der Waals surface area contributed by atoms with Crippen molar-refractivity contribution in [1.82, 2.24) is 25.0 Å². The monoisotopic (exact) mass is 279 g/mol. The zero-order valence-electron chi connectivity index (χ0n) is 12.7. The Morgan fingerprint density at radius 1 is 1.45 bits per heavy atom. The van der Waals surface area contributed by atoms with E-state index in [4.69, 9.17) is 0 Å². The van der Waals surface area contributed by atoms with Gasteiger partial charge in [0.15, 0.2) is 5.82 Å². The average molecular weight is 279 g/mol. The molecular formula is C14H25N5O. The van der Waals surface area contributed by atoms with E-state index in [-0.39, 0.29) is 6.03 Å². The number of carbonyl (C=O) groups excluding carboxylic acids is 1. The molecule has 1 aromatic rings. The zero-order valence-corrected chi connectivity index (χ0v) is 12.7. The summed E-state index contributed by atoms with van der Waals surface area (Å²) in [6.07, 6.45) is 5.06. The third-order valence-electron chi connectivity index (χ3n) is 4.05. The highest BCUT2D eigenvalue weighted by molar-refractivity contribution is 5.74. The van der Waals surface area contributed by atoms with Crippen LogP contribution in [0.5, 0.6) is 0 Å². The fraction of sp³-hybridized carbons (Fsp3) is 0.786. The Balaban J connectivity index is 1.80. The van der Waals surface area contributed by atoms with Gasteiger partial charge in [-0.3, -0.25) is 4.68 Å². The molecule has 1 atom stereocenters. The largest absolute Gasteiger partial charge is 0.331 e. The minimum atomic E-state index is 0.00172. The Labute approximate surface area is 120 Å². The first-order valence-corrected chi connectivity index (χ1v) is 7.43. The third kappa shape index (κ3) is 3.95. The first-order valence-electron chi connectivity index (χ1n) is 7.43. The van der Waals surface area contributed by atoms with E-state index in [1.165, 1.54) is 6.42 Å². The molecule has 1 fully saturated rings. The summed E-state index contributed by atoms with van der Waals surface area (Å²) >= 11 is 0. The number of likely N-dealkylation sites (tertiary alicyclic amines) is 1. The van der Waals surface area contributed by atoms with E-state index >= 15 is 0 Å². The molecule has 0 radical (unpaired) electrons. The number of rotatable bonds is 3. The van der Waals surface area contributed by atoms with Crippen molar-refractivity contribution in [3.63, 3.8) is 0 Å². The van der Waals surface area contributed by atoms with Crippen LogP contribution in [0.1, 0.15) is 38.9 Å². The van der Waals surface area contributed by atoms with Crippen LogP contribution in [0, 0.1) is 11.8 Å². The lowest BCUT2D eigenvalue weighted by atomic mass is 9.89. The van der Waals surface area contributed by atoms with Crippen molar-refractivity contribution in [3.8, 4) is 0 Å². The number of urea groups is 1. The van der Waals surface area contributed by atoms with E-state index in [0.717, 1.165) is 31.8 Å². The topological polar surface area (TPSA) is 63.1 Å². The Hall–Kier alpha value is -1.59. The van der Waals surface area contributed by atoms with Crippen molar-refractivity contribution >= 4 is 6.03 Å². The highest BCUT2D eigenvalue weighted by Crippen LogP contribution is 2.24. The number of carbonyl (C=O) groups is 1. The fourth-order valence-electron chi connectivity index (χ4n) is 2.72. The van der Waals surface area contributed by atoms with Gasteiger partial charge >= 0.3 is 6.03 Å². The first kappa shape index (κ1) is 14.8. The Kier molecular flexibility index (Phi) is 4.98. The van der Waals surface area contributed by atoms with E-state index in [1.54, 1.807) is 11.0 Å². The molecular weight excluding hydrogens is 254 g/mol. The van der Waals surface area contributed by atoms with Crippen LogP contribution >= 0.6 is 0 Å². The summed E-state index contributed by atoms with van der Waals surface area (Å²) in [5.41, 5.74) is 0. The first-order chi connectivity index (χ1) is 9.56. The number of hydrogen-bond acceptors (Lipinski definition) is 3. The number of aromatic nitrogens is 3. The molecule has 20 heavy (non-hydrogen) atoms. The summed E-state index contributed by atoms with van der Waals surface area (Å²) in [5.74, 6) is 2.09. The van der Waals surface area contributed by atoms with Crippen LogP contribution in [0.2, 0.25) is 0 Å². The van der Waals surface area contributed by atoms with Crippen LogP contribution in [0.4, 0.5) is 4.79 Å². The van der Waals surface area contributed by atoms with Gasteiger partial charge in [-0.05, 0) is 31.1 Å². The second kappa shape index (κ2) is 6.72. The summed E-state index contributed by atoms with van der Waals surface area (Å²) < 4.78 is 1.64. The number of hydrogen-bond donors (Lipinski definition) is 1. The molecule has 1 aliphatic heterocycles. The SMILES string of the molecule is CC(C)C1CCCN(C(=O)NCc2ncn(C)n2)CC1. The predicted octanol–water partition coefficient (Wildman–Crippen LogP) is 1.78. The average Bonchev–Trinajstić information content (AvgIpc) is 2.68. The molecule has 2 rings (SSSR count). The predicted molar refractivity (Wildman–Crippen MR) is 77.0 cm³/mol. The number of amides is 2. The van der Waals surface area contributed by atoms with Crippen LogP contribution in [0.15, 0.2) is 6.33 Å². The molecule has 1 N–H and O–H groups in total. The molecule has 2 amide bonds. The van der Waals surface area contributed by atoms with Gasteiger partial charge in [0.1, 0.15) is 6.33 Å². The van der Waals surface area contributed by atoms with Gasteiger partial charge in [0, 0.05) is 20.1 Å². The van der Waals surface area contributed by atoms with E-state index in [2.05, 4.69) is 29.2 Å². The Morgan fingerprint density at radius 3 is 2.90 bits per heavy atom. The van der Waals surface area contributed by atoms with E-state index in [0.29, 0.717) is 18.3 Å². The molecule has 1 aliphatic rings. The summed E-state index contributed by atoms with van der Waals surface area (Å²) in [5, 5.41) is 7.06. The molecule has 0 saturated carbocycles. The van der Waals surface area contributed by atoms with Crippen molar-refractivity contribution in [1.29, 1.82) is 0 Å². The lowest BCUT2D eigenvalue weighted by Gasteiger charge is -2.21. The molecule has 0 spiro atoms. The van der Waals surface area contributed by atoms with Crippen LogP contribution in [-0.2, 0) is 13.6 Å². The summed E-state index contributed by atoms with van der Waals surface area (Å²) in [7, 11) is 1.82. The van der Waals surface area contributed by atoms with Gasteiger partial charge in [-0.1, -0.05) is 13.8 Å². The normalized spacial score (nSPS) is 20.0. The Bertz CT molecular complexity index is 443. The molecule has 1 saturated heterocycles. The molecule has 6 nitrogen and oxygen atoms in total. The van der Waals surface area contributed by atoms with Crippen LogP contribution in [-0.4, -0.2) is 38.8 Å². The molecule has 0 aromatic carbocycles. The molecule has 1 unspecified atom stereocenters. The molecule has 0 bridgehead atoms. The molecule has 112 valence electrons. The molecule has 1 aromatic heterocycles. The van der Waals surface area contributed by atoms with Gasteiger partial charge < -0.3 is 10.2 Å². The summed E-state index contributed by atoms with van der Waals surface area (Å²) in [6, 6.07) is 0.00172. The van der Waals surface area contributed by atoms with Gasteiger partial charge in [0.25, 0.3) is 0 Å². The lowest BCUT2D eigenvalue weighted by molar-refractivity contribution is 0.197. The van der Waals surface area contributed by atoms with Crippen molar-refractivity contribution in [2.45, 2.75) is 39.7 Å². The summed E-state index contributed by atoms with van der Waals surface area (Å²) in [6.45, 7) is 6.64. The molecule has 0 aliphatic carbocycles. The third-order valence-corrected chi connectivity index (χ3v) is 4.05. The quantitative estimate of drug-likeness (QED) is 0.917.